The van der Waals surface area contributed by atoms with Crippen LogP contribution in [0.1, 0.15) is 26.5 Å². The largest absolute Gasteiger partial charge is 0.497 e. The number of hydrogen-bond donors (Lipinski definition) is 1. The van der Waals surface area contributed by atoms with Gasteiger partial charge in [-0.1, -0.05) is 12.1 Å². The van der Waals surface area contributed by atoms with E-state index >= 15 is 0 Å². The maximum atomic E-state index is 13.9. The van der Waals surface area contributed by atoms with Gasteiger partial charge in [0.05, 0.1) is 29.9 Å². The van der Waals surface area contributed by atoms with Crippen molar-refractivity contribution in [1.29, 1.82) is 0 Å². The number of amides is 3. The second-order valence-electron chi connectivity index (χ2n) is 7.94. The zero-order valence-electron chi connectivity index (χ0n) is 18.6. The molecule has 34 heavy (non-hydrogen) atoms. The van der Waals surface area contributed by atoms with E-state index in [0.29, 0.717) is 59.3 Å². The number of nitrogens with two attached hydrogens (primary N) is 1. The molecule has 2 aromatic carbocycles. The van der Waals surface area contributed by atoms with Crippen molar-refractivity contribution < 1.29 is 19.1 Å². The normalized spacial score (nSPS) is 15.9. The number of carbonyl (C=O) groups excluding carboxylic acids is 3. The number of thioether (sulfide) groups is 1. The molecular weight excluding hydrogens is 454 g/mol. The van der Waals surface area contributed by atoms with E-state index in [1.165, 1.54) is 4.68 Å². The van der Waals surface area contributed by atoms with E-state index in [0.717, 1.165) is 5.75 Å². The van der Waals surface area contributed by atoms with Gasteiger partial charge in [-0.25, -0.2) is 4.68 Å². The number of carbonyl (C=O) groups is 3. The van der Waals surface area contributed by atoms with E-state index in [4.69, 9.17) is 10.5 Å². The number of fused-ring (bicyclic) bond motifs is 1. The van der Waals surface area contributed by atoms with E-state index < -0.39 is 5.91 Å². The van der Waals surface area contributed by atoms with Crippen LogP contribution in [-0.2, 0) is 11.2 Å². The Morgan fingerprint density at radius 2 is 1.74 bits per heavy atom. The summed E-state index contributed by atoms with van der Waals surface area (Å²) in [6.07, 6.45) is 0.410. The molecular formula is C24H23N5O4S. The fraction of sp³-hybridized carbons (Fsp3) is 0.250. The molecule has 1 fully saturated rings. The summed E-state index contributed by atoms with van der Waals surface area (Å²) in [7, 11) is 1.57. The number of rotatable bonds is 5. The molecule has 1 saturated heterocycles. The minimum atomic E-state index is -0.679. The summed E-state index contributed by atoms with van der Waals surface area (Å²) in [5.41, 5.74) is 8.48. The maximum Gasteiger partial charge on any atom is 0.277 e. The third-order valence-electron chi connectivity index (χ3n) is 6.02. The van der Waals surface area contributed by atoms with Gasteiger partial charge in [0.2, 0.25) is 5.91 Å². The van der Waals surface area contributed by atoms with Crippen molar-refractivity contribution >= 4 is 40.9 Å². The number of aromatic nitrogens is 2. The van der Waals surface area contributed by atoms with Crippen LogP contribution >= 0.6 is 11.8 Å². The molecule has 5 rings (SSSR count). The summed E-state index contributed by atoms with van der Waals surface area (Å²) in [5.74, 6) is 0.951. The lowest BCUT2D eigenvalue weighted by Crippen LogP contribution is -2.42. The summed E-state index contributed by atoms with van der Waals surface area (Å²) in [5, 5.41) is 4.41. The van der Waals surface area contributed by atoms with Crippen LogP contribution in [0.4, 0.5) is 11.4 Å². The molecule has 10 heteroatoms. The summed E-state index contributed by atoms with van der Waals surface area (Å²) < 4.78 is 6.69. The Labute approximate surface area is 200 Å². The fourth-order valence-electron chi connectivity index (χ4n) is 4.39. The van der Waals surface area contributed by atoms with Crippen LogP contribution in [0.15, 0.2) is 48.5 Å². The third-order valence-corrected chi connectivity index (χ3v) is 6.94. The zero-order chi connectivity index (χ0) is 23.8. The van der Waals surface area contributed by atoms with Gasteiger partial charge in [0.15, 0.2) is 5.69 Å². The molecule has 9 nitrogen and oxygen atoms in total. The van der Waals surface area contributed by atoms with Crippen LogP contribution in [0.5, 0.6) is 5.75 Å². The van der Waals surface area contributed by atoms with Crippen molar-refractivity contribution in [3.8, 4) is 11.4 Å². The van der Waals surface area contributed by atoms with Crippen LogP contribution < -0.4 is 20.3 Å². The molecule has 3 heterocycles. The molecule has 3 amide bonds. The Bertz CT molecular complexity index is 1290. The molecule has 0 radical (unpaired) electrons. The van der Waals surface area contributed by atoms with Crippen LogP contribution in [0.2, 0.25) is 0 Å². The summed E-state index contributed by atoms with van der Waals surface area (Å²) >= 11 is 1.61. The second-order valence-corrected chi connectivity index (χ2v) is 9.05. The van der Waals surface area contributed by atoms with E-state index in [9.17, 15) is 14.4 Å². The number of ether oxygens (including phenoxy) is 1. The summed E-state index contributed by atoms with van der Waals surface area (Å²) in [6, 6.07) is 14.5. The maximum absolute atomic E-state index is 13.9. The van der Waals surface area contributed by atoms with Gasteiger partial charge in [-0.05, 0) is 42.8 Å². The molecule has 0 unspecified atom stereocenters. The van der Waals surface area contributed by atoms with Gasteiger partial charge in [0.1, 0.15) is 11.4 Å². The standard InChI is InChI=1S/C24H23N5O4S/c1-33-16-8-6-15(7-9-16)29-22-17(21(26-29)23(25)31)10-11-28(24(22)32)19-5-3-2-4-18(19)27-12-13-34-14-20(27)30/h2-9H,10-14H2,1H3,(H2,25,31). The lowest BCUT2D eigenvalue weighted by Gasteiger charge is -2.33. The second kappa shape index (κ2) is 8.86. The molecule has 2 N–H and O–H groups in total. The Morgan fingerprint density at radius 1 is 1.03 bits per heavy atom. The van der Waals surface area contributed by atoms with Crippen LogP contribution in [0.25, 0.3) is 5.69 Å². The molecule has 2 aliphatic heterocycles. The first-order chi connectivity index (χ1) is 16.5. The molecule has 0 spiro atoms. The van der Waals surface area contributed by atoms with Crippen molar-refractivity contribution in [3.63, 3.8) is 0 Å². The van der Waals surface area contributed by atoms with Gasteiger partial charge >= 0.3 is 0 Å². The van der Waals surface area contributed by atoms with Gasteiger partial charge in [-0.3, -0.25) is 14.4 Å². The van der Waals surface area contributed by atoms with Gasteiger partial charge < -0.3 is 20.3 Å². The third kappa shape index (κ3) is 3.69. The minimum absolute atomic E-state index is 0.0214. The summed E-state index contributed by atoms with van der Waals surface area (Å²) in [4.78, 5) is 42.0. The topological polar surface area (TPSA) is 111 Å². The molecule has 0 saturated carbocycles. The van der Waals surface area contributed by atoms with Gasteiger partial charge in [-0.15, -0.1) is 0 Å². The van der Waals surface area contributed by atoms with Crippen molar-refractivity contribution in [2.45, 2.75) is 6.42 Å². The highest BCUT2D eigenvalue weighted by Gasteiger charge is 2.36. The molecule has 174 valence electrons. The van der Waals surface area contributed by atoms with Crippen molar-refractivity contribution in [2.75, 3.05) is 41.5 Å². The van der Waals surface area contributed by atoms with Crippen molar-refractivity contribution in [3.05, 3.63) is 65.5 Å². The molecule has 0 aliphatic carbocycles. The lowest BCUT2D eigenvalue weighted by molar-refractivity contribution is -0.116. The van der Waals surface area contributed by atoms with Gasteiger partial charge in [-0.2, -0.15) is 16.9 Å². The van der Waals surface area contributed by atoms with E-state index in [2.05, 4.69) is 5.10 Å². The predicted molar refractivity (Wildman–Crippen MR) is 130 cm³/mol. The quantitative estimate of drug-likeness (QED) is 0.604. The van der Waals surface area contributed by atoms with Crippen LogP contribution in [-0.4, -0.2) is 59.2 Å². The van der Waals surface area contributed by atoms with Gasteiger partial charge in [0, 0.05) is 24.4 Å². The Morgan fingerprint density at radius 3 is 2.38 bits per heavy atom. The Balaban J connectivity index is 1.60. The number of methoxy groups -OCH3 is 1. The SMILES string of the molecule is COc1ccc(-n2nc(C(N)=O)c3c2C(=O)N(c2ccccc2N2CCSCC2=O)CC3)cc1. The van der Waals surface area contributed by atoms with E-state index in [1.807, 2.05) is 24.3 Å². The number of anilines is 2. The first-order valence-corrected chi connectivity index (χ1v) is 12.0. The van der Waals surface area contributed by atoms with Crippen LogP contribution in [0.3, 0.4) is 0 Å². The van der Waals surface area contributed by atoms with Crippen molar-refractivity contribution in [2.24, 2.45) is 5.73 Å². The average molecular weight is 478 g/mol. The monoisotopic (exact) mass is 477 g/mol. The number of hydrogen-bond acceptors (Lipinski definition) is 6. The minimum Gasteiger partial charge on any atom is -0.497 e. The zero-order valence-corrected chi connectivity index (χ0v) is 19.4. The molecule has 0 bridgehead atoms. The Kier molecular flexibility index (Phi) is 5.74. The lowest BCUT2D eigenvalue weighted by atomic mass is 10.0. The van der Waals surface area contributed by atoms with Gasteiger partial charge in [0.25, 0.3) is 11.8 Å². The Hall–Kier alpha value is -3.79. The number of nitrogens with zero attached hydrogens (tertiary/aromatic N) is 4. The van der Waals surface area contributed by atoms with E-state index in [1.54, 1.807) is 52.9 Å². The molecule has 3 aromatic rings. The first kappa shape index (κ1) is 22.0. The predicted octanol–water partition coefficient (Wildman–Crippen LogP) is 2.26. The average Bonchev–Trinajstić information content (AvgIpc) is 3.26. The number of primary amides is 1. The highest BCUT2D eigenvalue weighted by Crippen LogP contribution is 2.35. The highest BCUT2D eigenvalue weighted by molar-refractivity contribution is 8.00. The summed E-state index contributed by atoms with van der Waals surface area (Å²) in [6.45, 7) is 0.928. The molecule has 0 atom stereocenters. The molecule has 2 aliphatic rings. The smallest absolute Gasteiger partial charge is 0.277 e. The van der Waals surface area contributed by atoms with E-state index in [-0.39, 0.29) is 17.5 Å². The highest BCUT2D eigenvalue weighted by atomic mass is 32.2. The number of para-hydroxylation sites is 2. The first-order valence-electron chi connectivity index (χ1n) is 10.8. The fourth-order valence-corrected chi connectivity index (χ4v) is 5.18. The number of benzene rings is 2. The molecule has 1 aromatic heterocycles. The van der Waals surface area contributed by atoms with Crippen molar-refractivity contribution in [1.82, 2.24) is 9.78 Å². The van der Waals surface area contributed by atoms with Crippen LogP contribution in [0, 0.1) is 0 Å².